The Kier molecular flexibility index (Phi) is 13.5. The molecule has 4 heteroatoms. The molecule has 1 aromatic rings. The fourth-order valence-electron chi connectivity index (χ4n) is 3.90. The van der Waals surface area contributed by atoms with Crippen molar-refractivity contribution in [1.29, 1.82) is 0 Å². The first-order valence-electron chi connectivity index (χ1n) is 11.6. The zero-order valence-electron chi connectivity index (χ0n) is 18.2. The largest absolute Gasteiger partial charge is 0.294 e. The topological polar surface area (TPSA) is 54.4 Å². The van der Waals surface area contributed by atoms with Gasteiger partial charge in [0, 0.05) is 0 Å². The second kappa shape index (κ2) is 15.0. The summed E-state index contributed by atoms with van der Waals surface area (Å²) in [5, 5.41) is 0. The molecule has 0 heterocycles. The van der Waals surface area contributed by atoms with Gasteiger partial charge in [-0.25, -0.2) is 0 Å². The van der Waals surface area contributed by atoms with E-state index in [1.807, 2.05) is 6.07 Å². The average Bonchev–Trinajstić information content (AvgIpc) is 2.66. The van der Waals surface area contributed by atoms with E-state index in [0.717, 1.165) is 43.2 Å². The van der Waals surface area contributed by atoms with Crippen LogP contribution in [0.25, 0.3) is 0 Å². The fraction of sp³-hybridized carbons (Fsp3) is 0.750. The van der Waals surface area contributed by atoms with Gasteiger partial charge in [-0.15, -0.1) is 0 Å². The molecule has 1 N–H and O–H groups in total. The summed E-state index contributed by atoms with van der Waals surface area (Å²) in [6, 6.07) is 5.37. The van der Waals surface area contributed by atoms with Gasteiger partial charge in [0.05, 0.1) is 4.90 Å². The maximum absolute atomic E-state index is 11.8. The molecule has 162 valence electrons. The molecule has 28 heavy (non-hydrogen) atoms. The molecule has 0 aromatic heterocycles. The van der Waals surface area contributed by atoms with E-state index in [0.29, 0.717) is 0 Å². The quantitative estimate of drug-likeness (QED) is 0.213. The van der Waals surface area contributed by atoms with Crippen molar-refractivity contribution in [3.63, 3.8) is 0 Å². The molecule has 0 aliphatic heterocycles. The van der Waals surface area contributed by atoms with E-state index >= 15 is 0 Å². The van der Waals surface area contributed by atoms with Crippen molar-refractivity contribution in [2.24, 2.45) is 0 Å². The molecule has 0 amide bonds. The molecule has 0 unspecified atom stereocenters. The smallest absolute Gasteiger partial charge is 0.282 e. The van der Waals surface area contributed by atoms with Gasteiger partial charge in [-0.05, 0) is 42.9 Å². The van der Waals surface area contributed by atoms with E-state index in [1.54, 1.807) is 12.1 Å². The van der Waals surface area contributed by atoms with Crippen molar-refractivity contribution in [3.05, 3.63) is 29.3 Å². The summed E-state index contributed by atoms with van der Waals surface area (Å²) in [5.41, 5.74) is 1.96. The Morgan fingerprint density at radius 2 is 1.14 bits per heavy atom. The number of hydrogen-bond acceptors (Lipinski definition) is 2. The normalized spacial score (nSPS) is 11.8. The molecule has 0 aliphatic rings. The van der Waals surface area contributed by atoms with E-state index in [1.165, 1.54) is 70.6 Å². The van der Waals surface area contributed by atoms with Crippen LogP contribution in [0.5, 0.6) is 0 Å². The number of unbranched alkanes of at least 4 members (excludes halogenated alkanes) is 12. The van der Waals surface area contributed by atoms with Gasteiger partial charge >= 0.3 is 0 Å². The van der Waals surface area contributed by atoms with Gasteiger partial charge in [0.15, 0.2) is 0 Å². The van der Waals surface area contributed by atoms with Gasteiger partial charge in [-0.1, -0.05) is 103 Å². The first kappa shape index (κ1) is 25.2. The van der Waals surface area contributed by atoms with Crippen LogP contribution in [0.4, 0.5) is 0 Å². The van der Waals surface area contributed by atoms with Gasteiger partial charge in [0.1, 0.15) is 0 Å². The standard InChI is InChI=1S/C24H42O3S/c1-3-5-7-9-11-13-15-18-22-19-17-21-24(28(25,26)27)23(22)20-16-14-12-10-8-6-4-2/h17,19,21H,3-16,18,20H2,1-2H3,(H,25,26,27). The highest BCUT2D eigenvalue weighted by atomic mass is 32.2. The minimum absolute atomic E-state index is 0.124. The van der Waals surface area contributed by atoms with E-state index in [9.17, 15) is 13.0 Å². The van der Waals surface area contributed by atoms with Crippen LogP contribution in [0.3, 0.4) is 0 Å². The summed E-state index contributed by atoms with van der Waals surface area (Å²) in [6.45, 7) is 4.45. The van der Waals surface area contributed by atoms with Crippen LogP contribution < -0.4 is 0 Å². The van der Waals surface area contributed by atoms with Gasteiger partial charge in [-0.2, -0.15) is 8.42 Å². The summed E-state index contributed by atoms with van der Waals surface area (Å²) < 4.78 is 33.3. The molecule has 1 rings (SSSR count). The fourth-order valence-corrected chi connectivity index (χ4v) is 4.70. The molecule has 3 nitrogen and oxygen atoms in total. The summed E-state index contributed by atoms with van der Waals surface area (Å²) in [7, 11) is -4.16. The minimum atomic E-state index is -4.16. The molecule has 0 spiro atoms. The lowest BCUT2D eigenvalue weighted by atomic mass is 9.96. The second-order valence-corrected chi connectivity index (χ2v) is 9.50. The molecule has 0 atom stereocenters. The maximum atomic E-state index is 11.8. The lowest BCUT2D eigenvalue weighted by molar-refractivity contribution is 0.481. The molecular formula is C24H42O3S. The van der Waals surface area contributed by atoms with E-state index in [4.69, 9.17) is 0 Å². The number of rotatable bonds is 17. The first-order chi connectivity index (χ1) is 13.5. The van der Waals surface area contributed by atoms with Crippen molar-refractivity contribution in [2.45, 2.75) is 121 Å². The van der Waals surface area contributed by atoms with Crippen LogP contribution in [0, 0.1) is 0 Å². The molecule has 1 aromatic carbocycles. The Labute approximate surface area is 174 Å². The summed E-state index contributed by atoms with van der Waals surface area (Å²) >= 11 is 0. The van der Waals surface area contributed by atoms with Crippen LogP contribution >= 0.6 is 0 Å². The van der Waals surface area contributed by atoms with Crippen molar-refractivity contribution in [1.82, 2.24) is 0 Å². The van der Waals surface area contributed by atoms with Crippen molar-refractivity contribution in [3.8, 4) is 0 Å². The monoisotopic (exact) mass is 410 g/mol. The van der Waals surface area contributed by atoms with Crippen molar-refractivity contribution < 1.29 is 13.0 Å². The number of aryl methyl sites for hydroxylation is 1. The Morgan fingerprint density at radius 1 is 0.679 bits per heavy atom. The predicted octanol–water partition coefficient (Wildman–Crippen LogP) is 7.52. The van der Waals surface area contributed by atoms with E-state index < -0.39 is 10.1 Å². The van der Waals surface area contributed by atoms with Gasteiger partial charge in [0.25, 0.3) is 10.1 Å². The first-order valence-corrected chi connectivity index (χ1v) is 13.0. The van der Waals surface area contributed by atoms with Crippen LogP contribution in [0.15, 0.2) is 23.1 Å². The highest BCUT2D eigenvalue weighted by molar-refractivity contribution is 7.85. The predicted molar refractivity (Wildman–Crippen MR) is 120 cm³/mol. The summed E-state index contributed by atoms with van der Waals surface area (Å²) in [5.74, 6) is 0. The molecule has 0 saturated carbocycles. The van der Waals surface area contributed by atoms with Gasteiger partial charge < -0.3 is 0 Å². The lowest BCUT2D eigenvalue weighted by Gasteiger charge is -2.13. The van der Waals surface area contributed by atoms with Crippen LogP contribution in [-0.2, 0) is 23.0 Å². The SMILES string of the molecule is CCCCCCCCCc1cccc(S(=O)(=O)O)c1CCCCCCCCC. The Hall–Kier alpha value is -0.870. The lowest BCUT2D eigenvalue weighted by Crippen LogP contribution is -2.07. The number of benzene rings is 1. The Balaban J connectivity index is 2.58. The third-order valence-electron chi connectivity index (χ3n) is 5.59. The third-order valence-corrected chi connectivity index (χ3v) is 6.53. The molecule has 0 fully saturated rings. The van der Waals surface area contributed by atoms with E-state index in [-0.39, 0.29) is 4.90 Å². The van der Waals surface area contributed by atoms with E-state index in [2.05, 4.69) is 13.8 Å². The zero-order chi connectivity index (χ0) is 20.7. The van der Waals surface area contributed by atoms with Crippen LogP contribution in [-0.4, -0.2) is 13.0 Å². The highest BCUT2D eigenvalue weighted by Gasteiger charge is 2.17. The summed E-state index contributed by atoms with van der Waals surface area (Å²) in [4.78, 5) is 0.124. The minimum Gasteiger partial charge on any atom is -0.282 e. The van der Waals surface area contributed by atoms with Crippen molar-refractivity contribution in [2.75, 3.05) is 0 Å². The Morgan fingerprint density at radius 3 is 1.64 bits per heavy atom. The molecule has 0 aliphatic carbocycles. The summed E-state index contributed by atoms with van der Waals surface area (Å²) in [6.07, 6.45) is 18.8. The van der Waals surface area contributed by atoms with Crippen LogP contribution in [0.1, 0.15) is 115 Å². The number of hydrogen-bond donors (Lipinski definition) is 1. The third kappa shape index (κ3) is 10.6. The Bertz CT molecular complexity index is 623. The molecule has 0 saturated heterocycles. The maximum Gasteiger partial charge on any atom is 0.294 e. The highest BCUT2D eigenvalue weighted by Crippen LogP contribution is 2.24. The zero-order valence-corrected chi connectivity index (χ0v) is 19.0. The van der Waals surface area contributed by atoms with Crippen LogP contribution in [0.2, 0.25) is 0 Å². The second-order valence-electron chi connectivity index (χ2n) is 8.11. The average molecular weight is 411 g/mol. The van der Waals surface area contributed by atoms with Gasteiger partial charge in [-0.3, -0.25) is 4.55 Å². The molecular weight excluding hydrogens is 368 g/mol. The molecule has 0 bridgehead atoms. The molecule has 0 radical (unpaired) electrons. The van der Waals surface area contributed by atoms with Gasteiger partial charge in [0.2, 0.25) is 0 Å². The van der Waals surface area contributed by atoms with Crippen molar-refractivity contribution >= 4 is 10.1 Å².